The average Bonchev–Trinajstić information content (AvgIpc) is 3.03. The molecule has 26 heavy (non-hydrogen) atoms. The molecule has 0 radical (unpaired) electrons. The zero-order valence-electron chi connectivity index (χ0n) is 14.5. The van der Waals surface area contributed by atoms with Crippen molar-refractivity contribution in [3.05, 3.63) is 76.6 Å². The number of fused-ring (bicyclic) bond motifs is 4. The van der Waals surface area contributed by atoms with Gasteiger partial charge in [0.05, 0.1) is 5.52 Å². The summed E-state index contributed by atoms with van der Waals surface area (Å²) in [6.45, 7) is 3.08. The number of para-hydroxylation sites is 1. The van der Waals surface area contributed by atoms with Gasteiger partial charge in [-0.25, -0.2) is 0 Å². The van der Waals surface area contributed by atoms with E-state index in [0.717, 1.165) is 48.7 Å². The van der Waals surface area contributed by atoms with Gasteiger partial charge in [-0.1, -0.05) is 35.9 Å². The fourth-order valence-corrected chi connectivity index (χ4v) is 4.15. The van der Waals surface area contributed by atoms with E-state index in [4.69, 9.17) is 16.6 Å². The second kappa shape index (κ2) is 6.42. The number of rotatable bonds is 3. The number of nitrogens with zero attached hydrogens (tertiary/aromatic N) is 2. The molecule has 3 nitrogen and oxygen atoms in total. The number of H-pyrrole nitrogens is 1. The standard InChI is InChI=1S/C22H20ClN3/c23-16-6-8-21-19(13-16)18-10-12-26(14-22(18)25-21)11-9-17-7-5-15-3-1-2-4-20(15)24-17/h1-8,13,25H,9-12,14H2. The number of hydrogen-bond donors (Lipinski definition) is 1. The molecule has 0 fully saturated rings. The van der Waals surface area contributed by atoms with Crippen molar-refractivity contribution in [3.8, 4) is 0 Å². The quantitative estimate of drug-likeness (QED) is 0.558. The lowest BCUT2D eigenvalue weighted by Gasteiger charge is -2.26. The van der Waals surface area contributed by atoms with Crippen LogP contribution in [0.2, 0.25) is 5.02 Å². The Morgan fingerprint density at radius 3 is 2.96 bits per heavy atom. The zero-order chi connectivity index (χ0) is 17.5. The van der Waals surface area contributed by atoms with E-state index >= 15 is 0 Å². The summed E-state index contributed by atoms with van der Waals surface area (Å²) in [4.78, 5) is 10.9. The summed E-state index contributed by atoms with van der Waals surface area (Å²) in [5.74, 6) is 0. The Balaban J connectivity index is 1.32. The molecule has 0 saturated carbocycles. The lowest BCUT2D eigenvalue weighted by atomic mass is 10.0. The van der Waals surface area contributed by atoms with E-state index in [9.17, 15) is 0 Å². The van der Waals surface area contributed by atoms with E-state index in [-0.39, 0.29) is 0 Å². The molecule has 0 aliphatic carbocycles. The zero-order valence-corrected chi connectivity index (χ0v) is 15.3. The Hall–Kier alpha value is -2.36. The molecule has 0 bridgehead atoms. The van der Waals surface area contributed by atoms with Crippen LogP contribution in [0.25, 0.3) is 21.8 Å². The Kier molecular flexibility index (Phi) is 3.92. The summed E-state index contributed by atoms with van der Waals surface area (Å²) in [6, 6.07) is 18.8. The van der Waals surface area contributed by atoms with Crippen LogP contribution in [0.15, 0.2) is 54.6 Å². The predicted molar refractivity (Wildman–Crippen MR) is 108 cm³/mol. The molecular formula is C22H20ClN3. The largest absolute Gasteiger partial charge is 0.357 e. The van der Waals surface area contributed by atoms with Gasteiger partial charge in [-0.3, -0.25) is 9.88 Å². The molecule has 4 aromatic rings. The number of hydrogen-bond acceptors (Lipinski definition) is 2. The van der Waals surface area contributed by atoms with Gasteiger partial charge < -0.3 is 4.98 Å². The first-order valence-corrected chi connectivity index (χ1v) is 9.50. The topological polar surface area (TPSA) is 31.9 Å². The molecule has 3 heterocycles. The smallest absolute Gasteiger partial charge is 0.0705 e. The highest BCUT2D eigenvalue weighted by Crippen LogP contribution is 2.29. The fraction of sp³-hybridized carbons (Fsp3) is 0.227. The molecule has 0 atom stereocenters. The van der Waals surface area contributed by atoms with Crippen molar-refractivity contribution in [2.45, 2.75) is 19.4 Å². The van der Waals surface area contributed by atoms with E-state index in [2.05, 4.69) is 52.3 Å². The summed E-state index contributed by atoms with van der Waals surface area (Å²) in [6.07, 6.45) is 2.05. The summed E-state index contributed by atoms with van der Waals surface area (Å²) >= 11 is 6.17. The molecule has 0 amide bonds. The maximum absolute atomic E-state index is 6.17. The summed E-state index contributed by atoms with van der Waals surface area (Å²) in [5.41, 5.74) is 6.20. The second-order valence-electron chi connectivity index (χ2n) is 7.04. The minimum absolute atomic E-state index is 0.809. The van der Waals surface area contributed by atoms with Crippen molar-refractivity contribution in [2.24, 2.45) is 0 Å². The number of nitrogens with one attached hydrogen (secondary N) is 1. The molecule has 0 spiro atoms. The maximum atomic E-state index is 6.17. The highest BCUT2D eigenvalue weighted by Gasteiger charge is 2.20. The Morgan fingerprint density at radius 1 is 1.08 bits per heavy atom. The second-order valence-corrected chi connectivity index (χ2v) is 7.48. The fourth-order valence-electron chi connectivity index (χ4n) is 3.98. The monoisotopic (exact) mass is 361 g/mol. The summed E-state index contributed by atoms with van der Waals surface area (Å²) in [5, 5.41) is 3.29. The van der Waals surface area contributed by atoms with Crippen molar-refractivity contribution in [1.82, 2.24) is 14.9 Å². The Labute approximate surface area is 157 Å². The molecule has 2 aromatic heterocycles. The Bertz CT molecular complexity index is 1100. The van der Waals surface area contributed by atoms with Crippen molar-refractivity contribution in [2.75, 3.05) is 13.1 Å². The SMILES string of the molecule is Clc1ccc2[nH]c3c(c2c1)CCN(CCc1ccc2ccccc2n1)C3. The van der Waals surface area contributed by atoms with Crippen molar-refractivity contribution in [3.63, 3.8) is 0 Å². The predicted octanol–water partition coefficient (Wildman–Crippen LogP) is 4.97. The van der Waals surface area contributed by atoms with E-state index in [1.165, 1.54) is 27.5 Å². The van der Waals surface area contributed by atoms with Crippen molar-refractivity contribution < 1.29 is 0 Å². The Morgan fingerprint density at radius 2 is 2.00 bits per heavy atom. The molecule has 5 rings (SSSR count). The van der Waals surface area contributed by atoms with E-state index in [1.54, 1.807) is 0 Å². The van der Waals surface area contributed by atoms with Gasteiger partial charge in [0.25, 0.3) is 0 Å². The van der Waals surface area contributed by atoms with Gasteiger partial charge in [-0.2, -0.15) is 0 Å². The van der Waals surface area contributed by atoms with Crippen molar-refractivity contribution in [1.29, 1.82) is 0 Å². The summed E-state index contributed by atoms with van der Waals surface area (Å²) < 4.78 is 0. The van der Waals surface area contributed by atoms with Gasteiger partial charge in [0, 0.05) is 58.8 Å². The third-order valence-electron chi connectivity index (χ3n) is 5.36. The molecular weight excluding hydrogens is 342 g/mol. The highest BCUT2D eigenvalue weighted by atomic mass is 35.5. The van der Waals surface area contributed by atoms with Gasteiger partial charge >= 0.3 is 0 Å². The number of pyridine rings is 1. The molecule has 130 valence electrons. The first-order chi connectivity index (χ1) is 12.8. The third-order valence-corrected chi connectivity index (χ3v) is 5.59. The number of benzene rings is 2. The van der Waals surface area contributed by atoms with Crippen LogP contribution in [-0.2, 0) is 19.4 Å². The molecule has 0 unspecified atom stereocenters. The van der Waals surface area contributed by atoms with Crippen LogP contribution in [-0.4, -0.2) is 28.0 Å². The van der Waals surface area contributed by atoms with Gasteiger partial charge in [0.1, 0.15) is 0 Å². The highest BCUT2D eigenvalue weighted by molar-refractivity contribution is 6.31. The first kappa shape index (κ1) is 15.9. The normalized spacial score (nSPS) is 14.8. The van der Waals surface area contributed by atoms with Crippen LogP contribution in [0, 0.1) is 0 Å². The lowest BCUT2D eigenvalue weighted by Crippen LogP contribution is -2.32. The van der Waals surface area contributed by atoms with E-state index < -0.39 is 0 Å². The van der Waals surface area contributed by atoms with Crippen LogP contribution in [0.4, 0.5) is 0 Å². The third kappa shape index (κ3) is 2.87. The van der Waals surface area contributed by atoms with Gasteiger partial charge in [0.2, 0.25) is 0 Å². The minimum Gasteiger partial charge on any atom is -0.357 e. The van der Waals surface area contributed by atoms with Gasteiger partial charge in [-0.05, 0) is 42.3 Å². The van der Waals surface area contributed by atoms with Gasteiger partial charge in [-0.15, -0.1) is 0 Å². The number of halogens is 1. The lowest BCUT2D eigenvalue weighted by molar-refractivity contribution is 0.254. The van der Waals surface area contributed by atoms with Crippen LogP contribution in [0.1, 0.15) is 17.0 Å². The molecule has 4 heteroatoms. The molecule has 0 saturated heterocycles. The van der Waals surface area contributed by atoms with Crippen molar-refractivity contribution >= 4 is 33.4 Å². The van der Waals surface area contributed by atoms with Crippen LogP contribution < -0.4 is 0 Å². The van der Waals surface area contributed by atoms with Crippen LogP contribution in [0.5, 0.6) is 0 Å². The first-order valence-electron chi connectivity index (χ1n) is 9.12. The summed E-state index contributed by atoms with van der Waals surface area (Å²) in [7, 11) is 0. The molecule has 1 N–H and O–H groups in total. The molecule has 1 aliphatic heterocycles. The van der Waals surface area contributed by atoms with Gasteiger partial charge in [0.15, 0.2) is 0 Å². The molecule has 2 aromatic carbocycles. The maximum Gasteiger partial charge on any atom is 0.0705 e. The van der Waals surface area contributed by atoms with E-state index in [1.807, 2.05) is 12.1 Å². The number of aromatic amines is 1. The van der Waals surface area contributed by atoms with E-state index in [0.29, 0.717) is 0 Å². The minimum atomic E-state index is 0.809. The molecule has 1 aliphatic rings. The van der Waals surface area contributed by atoms with Crippen LogP contribution in [0.3, 0.4) is 0 Å². The number of aromatic nitrogens is 2. The van der Waals surface area contributed by atoms with Crippen LogP contribution >= 0.6 is 11.6 Å². The average molecular weight is 362 g/mol.